The first-order chi connectivity index (χ1) is 11.0. The van der Waals surface area contributed by atoms with Crippen LogP contribution in [0.1, 0.15) is 25.8 Å². The monoisotopic (exact) mass is 320 g/mol. The van der Waals surface area contributed by atoms with Crippen LogP contribution < -0.4 is 20.1 Å². The number of rotatable bonds is 4. The molecule has 0 aliphatic carbocycles. The van der Waals surface area contributed by atoms with Crippen LogP contribution >= 0.6 is 0 Å². The number of fused-ring (bicyclic) bond motifs is 1. The first kappa shape index (κ1) is 16.1. The molecule has 0 spiro atoms. The van der Waals surface area contributed by atoms with Gasteiger partial charge in [0, 0.05) is 18.5 Å². The second kappa shape index (κ2) is 6.37. The van der Waals surface area contributed by atoms with E-state index in [1.165, 1.54) is 0 Å². The molecule has 0 aromatic heterocycles. The molecule has 2 atom stereocenters. The fraction of sp³-hybridized carbons (Fsp3) is 0.588. The van der Waals surface area contributed by atoms with Crippen molar-refractivity contribution in [2.75, 3.05) is 26.3 Å². The minimum Gasteiger partial charge on any atom is -0.486 e. The second-order valence-corrected chi connectivity index (χ2v) is 6.81. The van der Waals surface area contributed by atoms with Crippen LogP contribution in [0.25, 0.3) is 0 Å². The number of benzene rings is 1. The third-order valence-electron chi connectivity index (χ3n) is 4.45. The molecule has 1 aromatic carbocycles. The van der Waals surface area contributed by atoms with Gasteiger partial charge in [-0.15, -0.1) is 0 Å². The van der Waals surface area contributed by atoms with Crippen LogP contribution in [0.5, 0.6) is 11.5 Å². The summed E-state index contributed by atoms with van der Waals surface area (Å²) >= 11 is 0. The van der Waals surface area contributed by atoms with Gasteiger partial charge in [-0.1, -0.05) is 19.9 Å². The van der Waals surface area contributed by atoms with E-state index in [-0.39, 0.29) is 17.4 Å². The summed E-state index contributed by atoms with van der Waals surface area (Å²) in [5.41, 5.74) is 0.851. The van der Waals surface area contributed by atoms with Gasteiger partial charge in [0.1, 0.15) is 13.2 Å². The molecular weight excluding hydrogens is 296 g/mol. The largest absolute Gasteiger partial charge is 0.486 e. The molecule has 1 aromatic rings. The topological polar surface area (TPSA) is 79.8 Å². The Kier molecular flexibility index (Phi) is 4.46. The lowest BCUT2D eigenvalue weighted by Gasteiger charge is -2.28. The summed E-state index contributed by atoms with van der Waals surface area (Å²) in [5.74, 6) is 1.46. The summed E-state index contributed by atoms with van der Waals surface area (Å²) in [4.78, 5) is 12.2. The molecule has 1 saturated heterocycles. The summed E-state index contributed by atoms with van der Waals surface area (Å²) in [5, 5.41) is 15.5. The SMILES string of the molecule is CC(C)(CNC(=O)C1CC(O)CN1)c1ccc2c(c1)OCCO2. The van der Waals surface area contributed by atoms with Crippen LogP contribution in [0.2, 0.25) is 0 Å². The summed E-state index contributed by atoms with van der Waals surface area (Å²) in [6, 6.07) is 5.61. The van der Waals surface area contributed by atoms with Crippen molar-refractivity contribution in [2.45, 2.75) is 37.8 Å². The number of carbonyl (C=O) groups is 1. The van der Waals surface area contributed by atoms with Crippen LogP contribution in [0.3, 0.4) is 0 Å². The van der Waals surface area contributed by atoms with Gasteiger partial charge in [-0.25, -0.2) is 0 Å². The molecule has 2 heterocycles. The fourth-order valence-electron chi connectivity index (χ4n) is 2.91. The molecule has 6 heteroatoms. The predicted molar refractivity (Wildman–Crippen MR) is 85.9 cm³/mol. The maximum atomic E-state index is 12.2. The smallest absolute Gasteiger partial charge is 0.237 e. The van der Waals surface area contributed by atoms with E-state index in [2.05, 4.69) is 24.5 Å². The van der Waals surface area contributed by atoms with Crippen LogP contribution in [0, 0.1) is 0 Å². The Balaban J connectivity index is 1.63. The molecule has 0 bridgehead atoms. The maximum Gasteiger partial charge on any atom is 0.237 e. The average Bonchev–Trinajstić information content (AvgIpc) is 2.99. The van der Waals surface area contributed by atoms with Crippen molar-refractivity contribution in [1.82, 2.24) is 10.6 Å². The molecule has 3 rings (SSSR count). The minimum atomic E-state index is -0.434. The van der Waals surface area contributed by atoms with E-state index in [1.807, 2.05) is 18.2 Å². The third kappa shape index (κ3) is 3.59. The Morgan fingerprint density at radius 2 is 2.09 bits per heavy atom. The molecule has 1 amide bonds. The van der Waals surface area contributed by atoms with Crippen LogP contribution in [-0.2, 0) is 10.2 Å². The molecule has 2 aliphatic heterocycles. The zero-order valence-electron chi connectivity index (χ0n) is 13.6. The molecule has 3 N–H and O–H groups in total. The van der Waals surface area contributed by atoms with Crippen molar-refractivity contribution in [3.63, 3.8) is 0 Å². The number of amides is 1. The molecule has 23 heavy (non-hydrogen) atoms. The molecule has 126 valence electrons. The van der Waals surface area contributed by atoms with E-state index < -0.39 is 6.10 Å². The van der Waals surface area contributed by atoms with Gasteiger partial charge < -0.3 is 25.2 Å². The van der Waals surface area contributed by atoms with E-state index in [4.69, 9.17) is 9.47 Å². The van der Waals surface area contributed by atoms with E-state index in [0.717, 1.165) is 17.1 Å². The van der Waals surface area contributed by atoms with Crippen molar-refractivity contribution >= 4 is 5.91 Å². The second-order valence-electron chi connectivity index (χ2n) is 6.81. The molecule has 6 nitrogen and oxygen atoms in total. The van der Waals surface area contributed by atoms with Gasteiger partial charge in [0.2, 0.25) is 5.91 Å². The molecule has 0 saturated carbocycles. The highest BCUT2D eigenvalue weighted by atomic mass is 16.6. The summed E-state index contributed by atoms with van der Waals surface area (Å²) < 4.78 is 11.2. The highest BCUT2D eigenvalue weighted by molar-refractivity contribution is 5.82. The van der Waals surface area contributed by atoms with E-state index in [9.17, 15) is 9.90 Å². The van der Waals surface area contributed by atoms with E-state index in [1.54, 1.807) is 0 Å². The Morgan fingerprint density at radius 3 is 2.78 bits per heavy atom. The van der Waals surface area contributed by atoms with Gasteiger partial charge in [-0.2, -0.15) is 0 Å². The molecule has 2 aliphatic rings. The van der Waals surface area contributed by atoms with Crippen molar-refractivity contribution < 1.29 is 19.4 Å². The number of β-amino-alcohol motifs (C(OH)–C–C–N with tert-alkyl or cyclic N) is 1. The molecular formula is C17H24N2O4. The molecule has 2 unspecified atom stereocenters. The molecule has 1 fully saturated rings. The lowest BCUT2D eigenvalue weighted by atomic mass is 9.84. The number of carbonyl (C=O) groups excluding carboxylic acids is 1. The summed E-state index contributed by atoms with van der Waals surface area (Å²) in [6.07, 6.45) is 0.0348. The zero-order chi connectivity index (χ0) is 16.4. The van der Waals surface area contributed by atoms with Crippen LogP contribution in [-0.4, -0.2) is 49.5 Å². The average molecular weight is 320 g/mol. The summed E-state index contributed by atoms with van der Waals surface area (Å²) in [6.45, 7) is 6.28. The van der Waals surface area contributed by atoms with E-state index >= 15 is 0 Å². The molecule has 0 radical (unpaired) electrons. The Labute approximate surface area is 136 Å². The zero-order valence-corrected chi connectivity index (χ0v) is 13.6. The summed E-state index contributed by atoms with van der Waals surface area (Å²) in [7, 11) is 0. The number of ether oxygens (including phenoxy) is 2. The van der Waals surface area contributed by atoms with Gasteiger partial charge >= 0.3 is 0 Å². The van der Waals surface area contributed by atoms with Crippen molar-refractivity contribution in [3.05, 3.63) is 23.8 Å². The first-order valence-electron chi connectivity index (χ1n) is 8.05. The number of aliphatic hydroxyl groups is 1. The first-order valence-corrected chi connectivity index (χ1v) is 8.05. The number of nitrogens with one attached hydrogen (secondary N) is 2. The van der Waals surface area contributed by atoms with Crippen molar-refractivity contribution in [2.24, 2.45) is 0 Å². The lowest BCUT2D eigenvalue weighted by Crippen LogP contribution is -2.45. The Bertz CT molecular complexity index is 588. The minimum absolute atomic E-state index is 0.0628. The van der Waals surface area contributed by atoms with Gasteiger partial charge in [0.25, 0.3) is 0 Å². The fourth-order valence-corrected chi connectivity index (χ4v) is 2.91. The Hall–Kier alpha value is -1.79. The van der Waals surface area contributed by atoms with Gasteiger partial charge in [0.05, 0.1) is 12.1 Å². The maximum absolute atomic E-state index is 12.2. The van der Waals surface area contributed by atoms with Gasteiger partial charge in [-0.3, -0.25) is 4.79 Å². The standard InChI is InChI=1S/C17H24N2O4/c1-17(2,10-19-16(21)13-8-12(20)9-18-13)11-3-4-14-15(7-11)23-6-5-22-14/h3-4,7,12-13,18,20H,5-6,8-10H2,1-2H3,(H,19,21). The number of hydrogen-bond donors (Lipinski definition) is 3. The normalized spacial score (nSPS) is 23.6. The van der Waals surface area contributed by atoms with Gasteiger partial charge in [0.15, 0.2) is 11.5 Å². The van der Waals surface area contributed by atoms with Crippen LogP contribution in [0.15, 0.2) is 18.2 Å². The lowest BCUT2D eigenvalue weighted by molar-refractivity contribution is -0.123. The van der Waals surface area contributed by atoms with E-state index in [0.29, 0.717) is 32.7 Å². The van der Waals surface area contributed by atoms with Crippen molar-refractivity contribution in [3.8, 4) is 11.5 Å². The van der Waals surface area contributed by atoms with Gasteiger partial charge in [-0.05, 0) is 24.1 Å². The van der Waals surface area contributed by atoms with Crippen LogP contribution in [0.4, 0.5) is 0 Å². The highest BCUT2D eigenvalue weighted by Crippen LogP contribution is 2.34. The quantitative estimate of drug-likeness (QED) is 0.756. The highest BCUT2D eigenvalue weighted by Gasteiger charge is 2.30. The third-order valence-corrected chi connectivity index (χ3v) is 4.45. The Morgan fingerprint density at radius 1 is 1.35 bits per heavy atom. The predicted octanol–water partition coefficient (Wildman–Crippen LogP) is 0.574. The number of aliphatic hydroxyl groups excluding tert-OH is 1. The number of hydrogen-bond acceptors (Lipinski definition) is 5. The van der Waals surface area contributed by atoms with Crippen molar-refractivity contribution in [1.29, 1.82) is 0 Å².